The summed E-state index contributed by atoms with van der Waals surface area (Å²) in [6.07, 6.45) is 1.28. The van der Waals surface area contributed by atoms with Crippen molar-refractivity contribution in [2.75, 3.05) is 18.4 Å². The zero-order chi connectivity index (χ0) is 13.7. The van der Waals surface area contributed by atoms with Crippen molar-refractivity contribution in [2.45, 2.75) is 26.8 Å². The minimum atomic E-state index is -1.01. The van der Waals surface area contributed by atoms with Crippen LogP contribution in [0.25, 0.3) is 0 Å². The van der Waals surface area contributed by atoms with Gasteiger partial charge in [0.15, 0.2) is 5.13 Å². The van der Waals surface area contributed by atoms with Gasteiger partial charge in [-0.3, -0.25) is 4.79 Å². The maximum atomic E-state index is 12.0. The molecule has 0 saturated carbocycles. The van der Waals surface area contributed by atoms with Crippen molar-refractivity contribution < 1.29 is 14.7 Å². The molecule has 1 aromatic rings. The number of aromatic nitrogens is 1. The quantitative estimate of drug-likeness (QED) is 0.819. The van der Waals surface area contributed by atoms with E-state index in [1.54, 1.807) is 11.8 Å². The first-order chi connectivity index (χ1) is 8.49. The summed E-state index contributed by atoms with van der Waals surface area (Å²) in [6.45, 7) is 6.88. The van der Waals surface area contributed by atoms with E-state index in [0.29, 0.717) is 18.2 Å². The predicted octanol–water partition coefficient (Wildman–Crippen LogP) is 1.51. The monoisotopic (exact) mass is 271 g/mol. The molecule has 0 aliphatic carbocycles. The smallest absolute Gasteiger partial charge is 0.347 e. The van der Waals surface area contributed by atoms with E-state index in [4.69, 9.17) is 5.11 Å². The number of carboxylic acids is 1. The molecule has 0 fully saturated rings. The lowest BCUT2D eigenvalue weighted by atomic mass is 10.3. The molecule has 7 heteroatoms. The number of carbonyl (C=O) groups excluding carboxylic acids is 1. The lowest BCUT2D eigenvalue weighted by molar-refractivity contribution is -0.131. The van der Waals surface area contributed by atoms with Crippen LogP contribution >= 0.6 is 11.3 Å². The van der Waals surface area contributed by atoms with Crippen LogP contribution in [0.5, 0.6) is 0 Å². The molecule has 1 heterocycles. The Morgan fingerprint density at radius 3 is 2.56 bits per heavy atom. The third-order valence-corrected chi connectivity index (χ3v) is 3.42. The Balaban J connectivity index is 2.65. The first kappa shape index (κ1) is 14.4. The highest BCUT2D eigenvalue weighted by molar-refractivity contribution is 7.17. The van der Waals surface area contributed by atoms with Crippen LogP contribution in [-0.2, 0) is 4.79 Å². The van der Waals surface area contributed by atoms with Crippen LogP contribution in [0.3, 0.4) is 0 Å². The molecule has 6 nitrogen and oxygen atoms in total. The number of carboxylic acid groups (broad SMARTS) is 1. The molecular weight excluding hydrogens is 254 g/mol. The summed E-state index contributed by atoms with van der Waals surface area (Å²) in [4.78, 5) is 28.5. The van der Waals surface area contributed by atoms with E-state index >= 15 is 0 Å². The van der Waals surface area contributed by atoms with Gasteiger partial charge >= 0.3 is 5.97 Å². The summed E-state index contributed by atoms with van der Waals surface area (Å²) in [5.41, 5.74) is 0. The highest BCUT2D eigenvalue weighted by Gasteiger charge is 2.19. The van der Waals surface area contributed by atoms with Gasteiger partial charge in [0.25, 0.3) is 0 Å². The fourth-order valence-corrected chi connectivity index (χ4v) is 2.24. The van der Waals surface area contributed by atoms with Gasteiger partial charge in [-0.25, -0.2) is 9.78 Å². The molecule has 0 spiro atoms. The van der Waals surface area contributed by atoms with E-state index in [2.05, 4.69) is 10.3 Å². The molecule has 1 aromatic heterocycles. The third-order valence-electron chi connectivity index (χ3n) is 2.50. The molecule has 18 heavy (non-hydrogen) atoms. The maximum Gasteiger partial charge on any atom is 0.347 e. The van der Waals surface area contributed by atoms with Crippen LogP contribution in [0.1, 0.15) is 30.4 Å². The number of aromatic carboxylic acids is 1. The van der Waals surface area contributed by atoms with E-state index in [1.165, 1.54) is 6.20 Å². The largest absolute Gasteiger partial charge is 0.477 e. The molecular formula is C11H17N3O3S. The van der Waals surface area contributed by atoms with Gasteiger partial charge in [0.05, 0.1) is 6.20 Å². The number of carbonyl (C=O) groups is 2. The first-order valence-electron chi connectivity index (χ1n) is 5.74. The Labute approximate surface area is 110 Å². The van der Waals surface area contributed by atoms with Crippen LogP contribution in [0.4, 0.5) is 5.13 Å². The highest BCUT2D eigenvalue weighted by atomic mass is 32.1. The third kappa shape index (κ3) is 3.43. The minimum absolute atomic E-state index is 0.0212. The van der Waals surface area contributed by atoms with Gasteiger partial charge in [-0.1, -0.05) is 11.3 Å². The molecule has 0 radical (unpaired) electrons. The molecule has 1 unspecified atom stereocenters. The topological polar surface area (TPSA) is 82.5 Å². The molecule has 0 bridgehead atoms. The molecule has 1 amide bonds. The van der Waals surface area contributed by atoms with Gasteiger partial charge in [-0.15, -0.1) is 0 Å². The number of anilines is 1. The number of hydrogen-bond acceptors (Lipinski definition) is 5. The summed E-state index contributed by atoms with van der Waals surface area (Å²) in [6, 6.07) is -0.419. The van der Waals surface area contributed by atoms with E-state index in [9.17, 15) is 9.59 Å². The zero-order valence-electron chi connectivity index (χ0n) is 10.6. The molecule has 1 rings (SSSR count). The van der Waals surface area contributed by atoms with Crippen LogP contribution in [0.15, 0.2) is 6.20 Å². The van der Waals surface area contributed by atoms with Crippen LogP contribution in [0, 0.1) is 0 Å². The van der Waals surface area contributed by atoms with Crippen molar-refractivity contribution in [3.63, 3.8) is 0 Å². The van der Waals surface area contributed by atoms with Gasteiger partial charge in [-0.05, 0) is 20.8 Å². The van der Waals surface area contributed by atoms with Crippen molar-refractivity contribution in [2.24, 2.45) is 0 Å². The Kier molecular flexibility index (Phi) is 5.08. The SMILES string of the molecule is CCN(CC)C(=O)C(C)Nc1ncc(C(=O)O)s1. The van der Waals surface area contributed by atoms with Crippen LogP contribution in [0.2, 0.25) is 0 Å². The van der Waals surface area contributed by atoms with Gasteiger partial charge in [-0.2, -0.15) is 0 Å². The number of likely N-dealkylation sites (N-methyl/N-ethyl adjacent to an activating group) is 1. The van der Waals surface area contributed by atoms with Gasteiger partial charge < -0.3 is 15.3 Å². The van der Waals surface area contributed by atoms with Gasteiger partial charge in [0.1, 0.15) is 10.9 Å². The number of hydrogen-bond donors (Lipinski definition) is 2. The molecule has 0 aliphatic rings. The molecule has 0 saturated heterocycles. The van der Waals surface area contributed by atoms with Gasteiger partial charge in [0, 0.05) is 13.1 Å². The average molecular weight is 271 g/mol. The lowest BCUT2D eigenvalue weighted by Gasteiger charge is -2.23. The van der Waals surface area contributed by atoms with Crippen molar-refractivity contribution in [3.8, 4) is 0 Å². The second-order valence-corrected chi connectivity index (χ2v) is 4.74. The summed E-state index contributed by atoms with van der Waals surface area (Å²) in [5.74, 6) is -1.03. The number of nitrogens with zero attached hydrogens (tertiary/aromatic N) is 2. The zero-order valence-corrected chi connectivity index (χ0v) is 11.5. The van der Waals surface area contributed by atoms with E-state index in [-0.39, 0.29) is 10.8 Å². The Bertz CT molecular complexity index is 429. The number of nitrogens with one attached hydrogen (secondary N) is 1. The fraction of sp³-hybridized carbons (Fsp3) is 0.545. The summed E-state index contributed by atoms with van der Waals surface area (Å²) in [7, 11) is 0. The van der Waals surface area contributed by atoms with E-state index in [1.807, 2.05) is 13.8 Å². The number of amides is 1. The summed E-state index contributed by atoms with van der Waals surface area (Å²) >= 11 is 1.02. The van der Waals surface area contributed by atoms with Crippen LogP contribution in [-0.4, -0.2) is 46.0 Å². The maximum absolute atomic E-state index is 12.0. The summed E-state index contributed by atoms with van der Waals surface area (Å²) in [5, 5.41) is 12.1. The van der Waals surface area contributed by atoms with Crippen molar-refractivity contribution in [1.82, 2.24) is 9.88 Å². The van der Waals surface area contributed by atoms with Crippen LogP contribution < -0.4 is 5.32 Å². The predicted molar refractivity (Wildman–Crippen MR) is 70.1 cm³/mol. The van der Waals surface area contributed by atoms with Crippen molar-refractivity contribution in [3.05, 3.63) is 11.1 Å². The first-order valence-corrected chi connectivity index (χ1v) is 6.55. The van der Waals surface area contributed by atoms with Crippen molar-refractivity contribution >= 4 is 28.3 Å². The molecule has 1 atom stereocenters. The van der Waals surface area contributed by atoms with E-state index in [0.717, 1.165) is 11.3 Å². The number of rotatable bonds is 6. The normalized spacial score (nSPS) is 11.9. The second kappa shape index (κ2) is 6.34. The Hall–Kier alpha value is -1.63. The van der Waals surface area contributed by atoms with E-state index < -0.39 is 12.0 Å². The standard InChI is InChI=1S/C11H17N3O3S/c1-4-14(5-2)9(15)7(3)13-11-12-6-8(18-11)10(16)17/h6-7H,4-5H2,1-3H3,(H,12,13)(H,16,17). The molecule has 100 valence electrons. The molecule has 0 aromatic carbocycles. The fourth-order valence-electron chi connectivity index (χ4n) is 1.50. The van der Waals surface area contributed by atoms with Crippen molar-refractivity contribution in [1.29, 1.82) is 0 Å². The summed E-state index contributed by atoms with van der Waals surface area (Å²) < 4.78 is 0. The lowest BCUT2D eigenvalue weighted by Crippen LogP contribution is -2.41. The number of thiazole rings is 1. The van der Waals surface area contributed by atoms with Gasteiger partial charge in [0.2, 0.25) is 5.91 Å². The second-order valence-electron chi connectivity index (χ2n) is 3.71. The molecule has 2 N–H and O–H groups in total. The Morgan fingerprint density at radius 1 is 1.50 bits per heavy atom. The minimum Gasteiger partial charge on any atom is -0.477 e. The average Bonchev–Trinajstić information content (AvgIpc) is 2.79. The molecule has 0 aliphatic heterocycles. The highest BCUT2D eigenvalue weighted by Crippen LogP contribution is 2.19. The Morgan fingerprint density at radius 2 is 2.11 bits per heavy atom.